The van der Waals surface area contributed by atoms with E-state index in [0.717, 1.165) is 24.3 Å². The highest BCUT2D eigenvalue weighted by molar-refractivity contribution is 5.97. The predicted octanol–water partition coefficient (Wildman–Crippen LogP) is 4.33. The van der Waals surface area contributed by atoms with Gasteiger partial charge < -0.3 is 0 Å². The number of hydrogen-bond donors (Lipinski definition) is 0. The second-order valence-corrected chi connectivity index (χ2v) is 6.71. The molecule has 0 radical (unpaired) electrons. The summed E-state index contributed by atoms with van der Waals surface area (Å²) in [6, 6.07) is 8.76. The van der Waals surface area contributed by atoms with Gasteiger partial charge in [0.05, 0.1) is 6.54 Å². The van der Waals surface area contributed by atoms with Gasteiger partial charge in [-0.25, -0.2) is 0 Å². The van der Waals surface area contributed by atoms with Crippen LogP contribution >= 0.6 is 0 Å². The molecule has 116 valence electrons. The van der Waals surface area contributed by atoms with Crippen LogP contribution in [0.2, 0.25) is 0 Å². The maximum atomic E-state index is 12.4. The predicted molar refractivity (Wildman–Crippen MR) is 88.8 cm³/mol. The molecule has 0 N–H and O–H groups in total. The summed E-state index contributed by atoms with van der Waals surface area (Å²) in [5, 5.41) is 0. The minimum Gasteiger partial charge on any atom is -0.296 e. The van der Waals surface area contributed by atoms with Gasteiger partial charge in [0.15, 0.2) is 5.78 Å². The van der Waals surface area contributed by atoms with Crippen LogP contribution < -0.4 is 0 Å². The number of carbonyl (C=O) groups is 1. The van der Waals surface area contributed by atoms with E-state index in [1.165, 1.54) is 31.2 Å². The molecule has 0 aromatic heterocycles. The number of benzene rings is 1. The molecule has 1 aromatic rings. The van der Waals surface area contributed by atoms with E-state index in [0.29, 0.717) is 12.6 Å². The Bertz CT molecular complexity index is 451. The Morgan fingerprint density at radius 3 is 2.57 bits per heavy atom. The molecule has 1 aromatic carbocycles. The van der Waals surface area contributed by atoms with Crippen LogP contribution in [0.4, 0.5) is 0 Å². The number of ketones is 1. The summed E-state index contributed by atoms with van der Waals surface area (Å²) in [6.45, 7) is 5.05. The van der Waals surface area contributed by atoms with Crippen LogP contribution in [-0.2, 0) is 6.42 Å². The zero-order valence-corrected chi connectivity index (χ0v) is 13.8. The molecule has 2 nitrogen and oxygen atoms in total. The smallest absolute Gasteiger partial charge is 0.176 e. The zero-order chi connectivity index (χ0) is 15.2. The monoisotopic (exact) mass is 287 g/mol. The molecule has 1 fully saturated rings. The number of rotatable bonds is 6. The third-order valence-corrected chi connectivity index (χ3v) is 4.74. The number of Topliss-reactive ketones (excluding diaryl/α,β-unsaturated/α-hetero) is 1. The highest BCUT2D eigenvalue weighted by Crippen LogP contribution is 2.26. The summed E-state index contributed by atoms with van der Waals surface area (Å²) in [5.41, 5.74) is 2.18. The fraction of sp³-hybridized carbons (Fsp3) is 0.632. The first-order chi connectivity index (χ1) is 10.1. The second kappa shape index (κ2) is 7.74. The van der Waals surface area contributed by atoms with Crippen molar-refractivity contribution in [1.82, 2.24) is 4.90 Å². The van der Waals surface area contributed by atoms with Crippen LogP contribution in [0.1, 0.15) is 61.9 Å². The third kappa shape index (κ3) is 4.67. The molecule has 0 aliphatic heterocycles. The van der Waals surface area contributed by atoms with E-state index in [9.17, 15) is 4.79 Å². The minimum absolute atomic E-state index is 0.249. The minimum atomic E-state index is 0.249. The molecule has 21 heavy (non-hydrogen) atoms. The number of likely N-dealkylation sites (N-methyl/N-ethyl adjacent to an activating group) is 1. The molecule has 2 unspecified atom stereocenters. The average molecular weight is 287 g/mol. The molecule has 2 rings (SSSR count). The fourth-order valence-corrected chi connectivity index (χ4v) is 3.40. The zero-order valence-electron chi connectivity index (χ0n) is 13.8. The molecule has 0 saturated heterocycles. The van der Waals surface area contributed by atoms with Gasteiger partial charge in [0.25, 0.3) is 0 Å². The lowest BCUT2D eigenvalue weighted by atomic mass is 9.86. The summed E-state index contributed by atoms with van der Waals surface area (Å²) in [6.07, 6.45) is 7.36. The Morgan fingerprint density at radius 2 is 1.95 bits per heavy atom. The maximum absolute atomic E-state index is 12.4. The summed E-state index contributed by atoms with van der Waals surface area (Å²) in [7, 11) is 2.10. The van der Waals surface area contributed by atoms with Crippen molar-refractivity contribution in [2.75, 3.05) is 13.6 Å². The van der Waals surface area contributed by atoms with Gasteiger partial charge in [-0.1, -0.05) is 57.4 Å². The van der Waals surface area contributed by atoms with E-state index in [1.54, 1.807) is 0 Å². The van der Waals surface area contributed by atoms with Crippen LogP contribution in [0.3, 0.4) is 0 Å². The van der Waals surface area contributed by atoms with E-state index in [4.69, 9.17) is 0 Å². The Hall–Kier alpha value is -1.15. The Labute approximate surface area is 129 Å². The number of carbonyl (C=O) groups excluding carboxylic acids is 1. The molecule has 0 bridgehead atoms. The van der Waals surface area contributed by atoms with E-state index < -0.39 is 0 Å². The van der Waals surface area contributed by atoms with Crippen molar-refractivity contribution >= 4 is 5.78 Å². The summed E-state index contributed by atoms with van der Waals surface area (Å²) in [4.78, 5) is 14.7. The number of aryl methyl sites for hydroxylation is 1. The second-order valence-electron chi connectivity index (χ2n) is 6.71. The van der Waals surface area contributed by atoms with Gasteiger partial charge in [-0.05, 0) is 37.8 Å². The molecular weight excluding hydrogens is 258 g/mol. The van der Waals surface area contributed by atoms with Crippen LogP contribution in [0, 0.1) is 5.92 Å². The fourth-order valence-electron chi connectivity index (χ4n) is 3.40. The van der Waals surface area contributed by atoms with Crippen molar-refractivity contribution in [2.45, 2.75) is 58.4 Å². The number of hydrogen-bond acceptors (Lipinski definition) is 2. The lowest BCUT2D eigenvalue weighted by Gasteiger charge is -2.33. The molecule has 1 aliphatic rings. The highest BCUT2D eigenvalue weighted by Gasteiger charge is 2.23. The molecule has 1 saturated carbocycles. The molecule has 0 spiro atoms. The quantitative estimate of drug-likeness (QED) is 0.726. The lowest BCUT2D eigenvalue weighted by Crippen LogP contribution is -2.38. The van der Waals surface area contributed by atoms with E-state index in [1.807, 2.05) is 12.1 Å². The molecule has 0 heterocycles. The summed E-state index contributed by atoms with van der Waals surface area (Å²) in [5.74, 6) is 1.05. The van der Waals surface area contributed by atoms with Crippen molar-refractivity contribution in [1.29, 1.82) is 0 Å². The summed E-state index contributed by atoms with van der Waals surface area (Å²) >= 11 is 0. The van der Waals surface area contributed by atoms with Crippen molar-refractivity contribution in [3.05, 3.63) is 35.4 Å². The average Bonchev–Trinajstić information content (AvgIpc) is 2.48. The van der Waals surface area contributed by atoms with Gasteiger partial charge in [-0.3, -0.25) is 9.69 Å². The van der Waals surface area contributed by atoms with E-state index in [2.05, 4.69) is 37.9 Å². The Kier molecular flexibility index (Phi) is 5.98. The van der Waals surface area contributed by atoms with Gasteiger partial charge in [-0.15, -0.1) is 0 Å². The Morgan fingerprint density at radius 1 is 1.24 bits per heavy atom. The van der Waals surface area contributed by atoms with Crippen molar-refractivity contribution in [3.63, 3.8) is 0 Å². The molecule has 1 aliphatic carbocycles. The topological polar surface area (TPSA) is 20.3 Å². The number of nitrogens with zero attached hydrogens (tertiary/aromatic N) is 1. The maximum Gasteiger partial charge on any atom is 0.176 e. The van der Waals surface area contributed by atoms with E-state index >= 15 is 0 Å². The normalized spacial score (nSPS) is 22.5. The standard InChI is InChI=1S/C19H29NO/c1-4-6-16-9-11-17(12-10-16)19(21)14-20(3)18-8-5-7-15(2)13-18/h9-12,15,18H,4-8,13-14H2,1-3H3. The first-order valence-corrected chi connectivity index (χ1v) is 8.42. The third-order valence-electron chi connectivity index (χ3n) is 4.74. The van der Waals surface area contributed by atoms with Gasteiger partial charge in [-0.2, -0.15) is 0 Å². The van der Waals surface area contributed by atoms with Crippen LogP contribution in [0.5, 0.6) is 0 Å². The van der Waals surface area contributed by atoms with Gasteiger partial charge >= 0.3 is 0 Å². The molecular formula is C19H29NO. The lowest BCUT2D eigenvalue weighted by molar-refractivity contribution is 0.0882. The van der Waals surface area contributed by atoms with Crippen LogP contribution in [-0.4, -0.2) is 30.3 Å². The van der Waals surface area contributed by atoms with Crippen molar-refractivity contribution in [2.24, 2.45) is 5.92 Å². The molecule has 2 atom stereocenters. The molecule has 2 heteroatoms. The summed E-state index contributed by atoms with van der Waals surface area (Å²) < 4.78 is 0. The van der Waals surface area contributed by atoms with E-state index in [-0.39, 0.29) is 5.78 Å². The SMILES string of the molecule is CCCc1ccc(C(=O)CN(C)C2CCCC(C)C2)cc1. The van der Waals surface area contributed by atoms with Crippen LogP contribution in [0.25, 0.3) is 0 Å². The van der Waals surface area contributed by atoms with Crippen LogP contribution in [0.15, 0.2) is 24.3 Å². The van der Waals surface area contributed by atoms with Crippen molar-refractivity contribution in [3.8, 4) is 0 Å². The Balaban J connectivity index is 1.90. The first kappa shape index (κ1) is 16.2. The van der Waals surface area contributed by atoms with Gasteiger partial charge in [0, 0.05) is 11.6 Å². The first-order valence-electron chi connectivity index (χ1n) is 8.42. The largest absolute Gasteiger partial charge is 0.296 e. The van der Waals surface area contributed by atoms with Gasteiger partial charge in [0.2, 0.25) is 0 Å². The van der Waals surface area contributed by atoms with Gasteiger partial charge in [0.1, 0.15) is 0 Å². The highest BCUT2D eigenvalue weighted by atomic mass is 16.1. The molecule has 0 amide bonds. The van der Waals surface area contributed by atoms with Crippen molar-refractivity contribution < 1.29 is 4.79 Å².